The lowest BCUT2D eigenvalue weighted by Crippen LogP contribution is -2.58. The first-order valence-corrected chi connectivity index (χ1v) is 7.17. The van der Waals surface area contributed by atoms with Gasteiger partial charge in [-0.1, -0.05) is 29.3 Å². The molecule has 0 bridgehead atoms. The second-order valence-electron chi connectivity index (χ2n) is 6.17. The van der Waals surface area contributed by atoms with E-state index in [0.29, 0.717) is 6.04 Å². The van der Waals surface area contributed by atoms with Crippen LogP contribution < -0.4 is 5.73 Å². The van der Waals surface area contributed by atoms with Crippen LogP contribution in [0.3, 0.4) is 0 Å². The minimum Gasteiger partial charge on any atom is -0.326 e. The topological polar surface area (TPSA) is 32.5 Å². The molecule has 1 saturated heterocycles. The van der Waals surface area contributed by atoms with Crippen molar-refractivity contribution in [3.05, 3.63) is 34.9 Å². The van der Waals surface area contributed by atoms with E-state index in [1.807, 2.05) is 0 Å². The van der Waals surface area contributed by atoms with Gasteiger partial charge in [0.05, 0.1) is 0 Å². The second kappa shape index (κ2) is 6.04. The summed E-state index contributed by atoms with van der Waals surface area (Å²) < 4.78 is 0. The summed E-state index contributed by atoms with van der Waals surface area (Å²) in [7, 11) is 4.38. The van der Waals surface area contributed by atoms with Crippen molar-refractivity contribution >= 4 is 0 Å². The second-order valence-corrected chi connectivity index (χ2v) is 6.17. The number of nitrogens with zero attached hydrogens (tertiary/aromatic N) is 2. The third-order valence-corrected chi connectivity index (χ3v) is 4.15. The van der Waals surface area contributed by atoms with E-state index in [4.69, 9.17) is 5.73 Å². The van der Waals surface area contributed by atoms with Crippen LogP contribution in [0.2, 0.25) is 0 Å². The summed E-state index contributed by atoms with van der Waals surface area (Å²) in [6.45, 7) is 7.64. The Labute approximate surface area is 117 Å². The van der Waals surface area contributed by atoms with Gasteiger partial charge in [-0.05, 0) is 39.9 Å². The van der Waals surface area contributed by atoms with E-state index < -0.39 is 0 Å². The van der Waals surface area contributed by atoms with Gasteiger partial charge in [-0.25, -0.2) is 0 Å². The van der Waals surface area contributed by atoms with Gasteiger partial charge in [-0.15, -0.1) is 0 Å². The van der Waals surface area contributed by atoms with Crippen LogP contribution in [0.4, 0.5) is 0 Å². The zero-order chi connectivity index (χ0) is 14.0. The van der Waals surface area contributed by atoms with Gasteiger partial charge < -0.3 is 10.6 Å². The molecule has 0 amide bonds. The van der Waals surface area contributed by atoms with Gasteiger partial charge in [-0.2, -0.15) is 0 Å². The van der Waals surface area contributed by atoms with Gasteiger partial charge in [0.1, 0.15) is 0 Å². The number of piperazine rings is 1. The highest BCUT2D eigenvalue weighted by Gasteiger charge is 2.27. The largest absolute Gasteiger partial charge is 0.326 e. The number of rotatable bonds is 3. The van der Waals surface area contributed by atoms with Crippen molar-refractivity contribution in [1.82, 2.24) is 9.80 Å². The van der Waals surface area contributed by atoms with Crippen LogP contribution in [0, 0.1) is 13.8 Å². The molecule has 1 aliphatic rings. The van der Waals surface area contributed by atoms with Crippen LogP contribution in [0.1, 0.15) is 16.7 Å². The molecule has 0 spiro atoms. The molecule has 1 aromatic rings. The Morgan fingerprint density at radius 1 is 1.16 bits per heavy atom. The average molecular weight is 261 g/mol. The fraction of sp³-hybridized carbons (Fsp3) is 0.625. The molecule has 0 radical (unpaired) electrons. The van der Waals surface area contributed by atoms with E-state index in [2.05, 4.69) is 55.9 Å². The lowest BCUT2D eigenvalue weighted by Gasteiger charge is -2.40. The number of likely N-dealkylation sites (N-methyl/N-ethyl adjacent to an activating group) is 2. The molecule has 3 heteroatoms. The standard InChI is InChI=1S/C16H27N3/c1-12-7-13(2)9-14(8-12)10-15(17)16-11-18(3)5-6-19(16)4/h7-9,15-16H,5-6,10-11,17H2,1-4H3. The molecule has 0 aromatic heterocycles. The van der Waals surface area contributed by atoms with Crippen LogP contribution >= 0.6 is 0 Å². The lowest BCUT2D eigenvalue weighted by atomic mass is 9.95. The maximum absolute atomic E-state index is 6.46. The van der Waals surface area contributed by atoms with E-state index in [1.54, 1.807) is 0 Å². The molecule has 0 aliphatic carbocycles. The molecule has 1 aromatic carbocycles. The molecule has 0 saturated carbocycles. The molecule has 2 unspecified atom stereocenters. The molecule has 1 fully saturated rings. The first-order chi connectivity index (χ1) is 8.95. The fourth-order valence-corrected chi connectivity index (χ4v) is 3.10. The molecule has 2 atom stereocenters. The number of hydrogen-bond acceptors (Lipinski definition) is 3. The number of hydrogen-bond donors (Lipinski definition) is 1. The van der Waals surface area contributed by atoms with Crippen molar-refractivity contribution in [3.63, 3.8) is 0 Å². The number of nitrogens with two attached hydrogens (primary N) is 1. The van der Waals surface area contributed by atoms with E-state index in [1.165, 1.54) is 16.7 Å². The van der Waals surface area contributed by atoms with Crippen LogP contribution in [0.15, 0.2) is 18.2 Å². The molecule has 3 nitrogen and oxygen atoms in total. The zero-order valence-corrected chi connectivity index (χ0v) is 12.7. The Kier molecular flexibility index (Phi) is 4.61. The minimum atomic E-state index is 0.203. The summed E-state index contributed by atoms with van der Waals surface area (Å²) in [5.41, 5.74) is 10.5. The summed E-state index contributed by atoms with van der Waals surface area (Å²) >= 11 is 0. The first-order valence-electron chi connectivity index (χ1n) is 7.17. The monoisotopic (exact) mass is 261 g/mol. The molecule has 2 rings (SSSR count). The van der Waals surface area contributed by atoms with Gasteiger partial charge in [0.25, 0.3) is 0 Å². The van der Waals surface area contributed by atoms with Crippen molar-refractivity contribution < 1.29 is 0 Å². The van der Waals surface area contributed by atoms with Gasteiger partial charge >= 0.3 is 0 Å². The van der Waals surface area contributed by atoms with E-state index in [0.717, 1.165) is 26.1 Å². The van der Waals surface area contributed by atoms with E-state index in [-0.39, 0.29) is 6.04 Å². The SMILES string of the molecule is Cc1cc(C)cc(CC(N)C2CN(C)CCN2C)c1. The zero-order valence-electron chi connectivity index (χ0n) is 12.7. The maximum Gasteiger partial charge on any atom is 0.0375 e. The summed E-state index contributed by atoms with van der Waals surface area (Å²) in [6, 6.07) is 7.41. The predicted octanol–water partition coefficient (Wildman–Crippen LogP) is 1.42. The Bertz CT molecular complexity index is 410. The Morgan fingerprint density at radius 2 is 1.79 bits per heavy atom. The third-order valence-electron chi connectivity index (χ3n) is 4.15. The van der Waals surface area contributed by atoms with E-state index >= 15 is 0 Å². The molecule has 1 aliphatic heterocycles. The van der Waals surface area contributed by atoms with Gasteiger partial charge in [0.15, 0.2) is 0 Å². The van der Waals surface area contributed by atoms with Crippen LogP contribution in [0.25, 0.3) is 0 Å². The summed E-state index contributed by atoms with van der Waals surface area (Å²) in [5.74, 6) is 0. The molecular weight excluding hydrogens is 234 g/mol. The Morgan fingerprint density at radius 3 is 2.42 bits per heavy atom. The Hall–Kier alpha value is -0.900. The van der Waals surface area contributed by atoms with Crippen molar-refractivity contribution in [2.24, 2.45) is 5.73 Å². The van der Waals surface area contributed by atoms with Gasteiger partial charge in [0, 0.05) is 31.7 Å². The highest BCUT2D eigenvalue weighted by molar-refractivity contribution is 5.29. The molecule has 1 heterocycles. The van der Waals surface area contributed by atoms with Crippen LogP contribution in [-0.4, -0.2) is 55.6 Å². The van der Waals surface area contributed by atoms with Crippen molar-refractivity contribution in [2.75, 3.05) is 33.7 Å². The summed E-state index contributed by atoms with van der Waals surface area (Å²) in [5, 5.41) is 0. The van der Waals surface area contributed by atoms with Gasteiger partial charge in [-0.3, -0.25) is 4.90 Å². The summed E-state index contributed by atoms with van der Waals surface area (Å²) in [4.78, 5) is 4.79. The van der Waals surface area contributed by atoms with Crippen LogP contribution in [-0.2, 0) is 6.42 Å². The fourth-order valence-electron chi connectivity index (χ4n) is 3.10. The van der Waals surface area contributed by atoms with E-state index in [9.17, 15) is 0 Å². The third kappa shape index (κ3) is 3.78. The maximum atomic E-state index is 6.46. The molecular formula is C16H27N3. The van der Waals surface area contributed by atoms with Crippen molar-refractivity contribution in [1.29, 1.82) is 0 Å². The van der Waals surface area contributed by atoms with Crippen LogP contribution in [0.5, 0.6) is 0 Å². The van der Waals surface area contributed by atoms with Crippen molar-refractivity contribution in [2.45, 2.75) is 32.4 Å². The predicted molar refractivity (Wildman–Crippen MR) is 81.5 cm³/mol. The smallest absolute Gasteiger partial charge is 0.0375 e. The minimum absolute atomic E-state index is 0.203. The average Bonchev–Trinajstić information content (AvgIpc) is 2.30. The Balaban J connectivity index is 2.05. The highest BCUT2D eigenvalue weighted by Crippen LogP contribution is 2.15. The summed E-state index contributed by atoms with van der Waals surface area (Å²) in [6.07, 6.45) is 0.964. The number of aryl methyl sites for hydroxylation is 2. The molecule has 2 N–H and O–H groups in total. The normalized spacial score (nSPS) is 23.5. The highest BCUT2D eigenvalue weighted by atomic mass is 15.3. The number of benzene rings is 1. The van der Waals surface area contributed by atoms with Gasteiger partial charge in [0.2, 0.25) is 0 Å². The van der Waals surface area contributed by atoms with Crippen molar-refractivity contribution in [3.8, 4) is 0 Å². The lowest BCUT2D eigenvalue weighted by molar-refractivity contribution is 0.0973. The molecule has 106 valence electrons. The molecule has 19 heavy (non-hydrogen) atoms. The quantitative estimate of drug-likeness (QED) is 0.893. The first kappa shape index (κ1) is 14.5.